The number of hydrogen-bond donors (Lipinski definition) is 0. The zero-order valence-electron chi connectivity index (χ0n) is 11.7. The second-order valence-corrected chi connectivity index (χ2v) is 6.60. The van der Waals surface area contributed by atoms with Gasteiger partial charge in [0.25, 0.3) is 0 Å². The lowest BCUT2D eigenvalue weighted by molar-refractivity contribution is -0.123. The van der Waals surface area contributed by atoms with Gasteiger partial charge in [0.2, 0.25) is 0 Å². The van der Waals surface area contributed by atoms with Crippen LogP contribution in [0.4, 0.5) is 0 Å². The highest BCUT2D eigenvalue weighted by atomic mass is 16.6. The van der Waals surface area contributed by atoms with Crippen molar-refractivity contribution in [1.82, 2.24) is 0 Å². The summed E-state index contributed by atoms with van der Waals surface area (Å²) in [6.45, 7) is 8.86. The van der Waals surface area contributed by atoms with Gasteiger partial charge in [0.05, 0.1) is 11.7 Å². The van der Waals surface area contributed by atoms with Crippen molar-refractivity contribution in [2.45, 2.75) is 71.5 Å². The average molecular weight is 238 g/mol. The molecule has 0 N–H and O–H groups in total. The van der Waals surface area contributed by atoms with E-state index in [0.717, 1.165) is 18.8 Å². The number of carbonyl (C=O) groups excluding carboxylic acids is 1. The largest absolute Gasteiger partial charge is 0.366 e. The Labute approximate surface area is 105 Å². The van der Waals surface area contributed by atoms with E-state index >= 15 is 0 Å². The molecule has 98 valence electrons. The van der Waals surface area contributed by atoms with Gasteiger partial charge < -0.3 is 4.74 Å². The number of hydrogen-bond acceptors (Lipinski definition) is 2. The Morgan fingerprint density at radius 1 is 1.35 bits per heavy atom. The summed E-state index contributed by atoms with van der Waals surface area (Å²) in [6.07, 6.45) is 5.48. The first-order chi connectivity index (χ1) is 7.92. The fourth-order valence-electron chi connectivity index (χ4n) is 3.05. The maximum atomic E-state index is 12.0. The molecule has 2 fully saturated rings. The van der Waals surface area contributed by atoms with E-state index < -0.39 is 0 Å². The first-order valence-corrected chi connectivity index (χ1v) is 7.13. The van der Waals surface area contributed by atoms with Gasteiger partial charge in [-0.15, -0.1) is 0 Å². The molecule has 4 atom stereocenters. The van der Waals surface area contributed by atoms with Gasteiger partial charge in [-0.2, -0.15) is 0 Å². The topological polar surface area (TPSA) is 29.6 Å². The predicted octanol–water partition coefficient (Wildman–Crippen LogP) is 3.59. The van der Waals surface area contributed by atoms with Crippen molar-refractivity contribution in [3.8, 4) is 0 Å². The fraction of sp³-hybridized carbons (Fsp3) is 0.933. The predicted molar refractivity (Wildman–Crippen MR) is 68.9 cm³/mol. The van der Waals surface area contributed by atoms with Gasteiger partial charge >= 0.3 is 0 Å². The summed E-state index contributed by atoms with van der Waals surface area (Å²) in [5.74, 6) is 2.10. The highest BCUT2D eigenvalue weighted by Gasteiger charge is 2.52. The molecule has 2 heteroatoms. The molecule has 17 heavy (non-hydrogen) atoms. The third-order valence-corrected chi connectivity index (χ3v) is 4.88. The Bertz CT molecular complexity index is 297. The number of carbonyl (C=O) groups is 1. The summed E-state index contributed by atoms with van der Waals surface area (Å²) in [5, 5.41) is 0. The zero-order chi connectivity index (χ0) is 12.6. The lowest BCUT2D eigenvalue weighted by Gasteiger charge is -2.23. The summed E-state index contributed by atoms with van der Waals surface area (Å²) in [7, 11) is 0. The zero-order valence-corrected chi connectivity index (χ0v) is 11.7. The smallest absolute Gasteiger partial charge is 0.135 e. The standard InChI is InChI=1S/C15H26O2/c1-10(2)12-6-5-11(3)13(16)7-8-15(4)14(9-12)17-15/h10-12,14H,5-9H2,1-4H3/t11-,12-,14?,15-/m0/s1. The van der Waals surface area contributed by atoms with Crippen LogP contribution in [-0.2, 0) is 9.53 Å². The molecule has 1 unspecified atom stereocenters. The van der Waals surface area contributed by atoms with E-state index in [1.807, 2.05) is 0 Å². The van der Waals surface area contributed by atoms with Crippen LogP contribution >= 0.6 is 0 Å². The lowest BCUT2D eigenvalue weighted by Crippen LogP contribution is -2.23. The van der Waals surface area contributed by atoms with Crippen LogP contribution in [0.15, 0.2) is 0 Å². The van der Waals surface area contributed by atoms with Crippen LogP contribution in [0.5, 0.6) is 0 Å². The third-order valence-electron chi connectivity index (χ3n) is 4.88. The minimum absolute atomic E-state index is 0.0138. The van der Waals surface area contributed by atoms with E-state index in [4.69, 9.17) is 4.74 Å². The lowest BCUT2D eigenvalue weighted by atomic mass is 9.80. The molecule has 0 bridgehead atoms. The quantitative estimate of drug-likeness (QED) is 0.653. The van der Waals surface area contributed by atoms with Gasteiger partial charge in [-0.1, -0.05) is 20.8 Å². The van der Waals surface area contributed by atoms with Crippen LogP contribution in [0, 0.1) is 17.8 Å². The maximum Gasteiger partial charge on any atom is 0.135 e. The Balaban J connectivity index is 2.04. The Hall–Kier alpha value is -0.370. The van der Waals surface area contributed by atoms with E-state index in [1.54, 1.807) is 0 Å². The fourth-order valence-corrected chi connectivity index (χ4v) is 3.05. The molecule has 0 amide bonds. The Morgan fingerprint density at radius 3 is 2.71 bits per heavy atom. The van der Waals surface area contributed by atoms with Gasteiger partial charge in [0, 0.05) is 12.3 Å². The highest BCUT2D eigenvalue weighted by Crippen LogP contribution is 2.46. The van der Waals surface area contributed by atoms with Crippen molar-refractivity contribution in [2.75, 3.05) is 0 Å². The number of epoxide rings is 1. The molecule has 1 heterocycles. The number of ether oxygens (including phenoxy) is 1. The molecule has 1 saturated carbocycles. The van der Waals surface area contributed by atoms with Crippen molar-refractivity contribution in [2.24, 2.45) is 17.8 Å². The Kier molecular flexibility index (Phi) is 3.63. The summed E-state index contributed by atoms with van der Waals surface area (Å²) < 4.78 is 5.85. The minimum atomic E-state index is 0.0138. The van der Waals surface area contributed by atoms with Gasteiger partial charge in [-0.3, -0.25) is 4.79 Å². The van der Waals surface area contributed by atoms with Crippen LogP contribution < -0.4 is 0 Å². The van der Waals surface area contributed by atoms with Crippen molar-refractivity contribution < 1.29 is 9.53 Å². The highest BCUT2D eigenvalue weighted by molar-refractivity contribution is 5.80. The van der Waals surface area contributed by atoms with E-state index in [0.29, 0.717) is 24.2 Å². The first-order valence-electron chi connectivity index (χ1n) is 7.13. The van der Waals surface area contributed by atoms with Crippen LogP contribution in [0.25, 0.3) is 0 Å². The normalized spacial score (nSPS) is 43.4. The number of rotatable bonds is 1. The van der Waals surface area contributed by atoms with Gasteiger partial charge in [-0.25, -0.2) is 0 Å². The molecule has 2 nitrogen and oxygen atoms in total. The van der Waals surface area contributed by atoms with Crippen molar-refractivity contribution >= 4 is 5.78 Å². The van der Waals surface area contributed by atoms with Crippen LogP contribution in [0.1, 0.15) is 59.8 Å². The van der Waals surface area contributed by atoms with Crippen molar-refractivity contribution in [3.05, 3.63) is 0 Å². The van der Waals surface area contributed by atoms with Gasteiger partial charge in [0.1, 0.15) is 5.78 Å². The van der Waals surface area contributed by atoms with E-state index in [-0.39, 0.29) is 11.5 Å². The second kappa shape index (κ2) is 4.72. The number of Topliss-reactive ketones (excluding diaryl/α,β-unsaturated/α-hetero) is 1. The second-order valence-electron chi connectivity index (χ2n) is 6.60. The number of ketones is 1. The molecule has 2 rings (SSSR count). The van der Waals surface area contributed by atoms with E-state index in [9.17, 15) is 4.79 Å². The molecule has 0 spiro atoms. The summed E-state index contributed by atoms with van der Waals surface area (Å²) in [5.41, 5.74) is 0.0138. The van der Waals surface area contributed by atoms with Gasteiger partial charge in [0.15, 0.2) is 0 Å². The summed E-state index contributed by atoms with van der Waals surface area (Å²) in [4.78, 5) is 12.0. The molecular weight excluding hydrogens is 212 g/mol. The van der Waals surface area contributed by atoms with Crippen LogP contribution in [0.2, 0.25) is 0 Å². The van der Waals surface area contributed by atoms with Crippen molar-refractivity contribution in [1.29, 1.82) is 0 Å². The third kappa shape index (κ3) is 2.90. The van der Waals surface area contributed by atoms with Gasteiger partial charge in [-0.05, 0) is 44.4 Å². The number of fused-ring (bicyclic) bond motifs is 1. The molecule has 0 aromatic carbocycles. The summed E-state index contributed by atoms with van der Waals surface area (Å²) in [6, 6.07) is 0. The molecule has 1 aliphatic heterocycles. The van der Waals surface area contributed by atoms with Crippen LogP contribution in [0.3, 0.4) is 0 Å². The Morgan fingerprint density at radius 2 is 2.06 bits per heavy atom. The van der Waals surface area contributed by atoms with E-state index in [2.05, 4.69) is 27.7 Å². The van der Waals surface area contributed by atoms with E-state index in [1.165, 1.54) is 12.8 Å². The molecule has 1 saturated heterocycles. The molecule has 0 aromatic heterocycles. The van der Waals surface area contributed by atoms with Crippen LogP contribution in [-0.4, -0.2) is 17.5 Å². The molecule has 0 aromatic rings. The maximum absolute atomic E-state index is 12.0. The SMILES string of the molecule is CC(C)[C@H]1CC[C@H](C)C(=O)CC[C@]2(C)OC2C1. The molecule has 1 aliphatic carbocycles. The molecular formula is C15H26O2. The molecule has 2 aliphatic rings. The first kappa shape index (κ1) is 13.1. The monoisotopic (exact) mass is 238 g/mol. The summed E-state index contributed by atoms with van der Waals surface area (Å²) >= 11 is 0. The van der Waals surface area contributed by atoms with Crippen molar-refractivity contribution in [3.63, 3.8) is 0 Å². The average Bonchev–Trinajstić information content (AvgIpc) is 2.91. The minimum Gasteiger partial charge on any atom is -0.366 e. The molecule has 0 radical (unpaired) electrons.